The minimum Gasteiger partial charge on any atom is -0.262 e. The maximum absolute atomic E-state index is 4.23. The van der Waals surface area contributed by atoms with Gasteiger partial charge in [0.25, 0.3) is 0 Å². The number of rotatable bonds is 1. The molecule has 0 saturated carbocycles. The van der Waals surface area contributed by atoms with Crippen molar-refractivity contribution in [3.8, 4) is 0 Å². The Morgan fingerprint density at radius 3 is 2.00 bits per heavy atom. The molecule has 0 bridgehead atoms. The van der Waals surface area contributed by atoms with Crippen molar-refractivity contribution in [2.75, 3.05) is 24.5 Å². The van der Waals surface area contributed by atoms with Gasteiger partial charge in [-0.15, -0.1) is 0 Å². The van der Waals surface area contributed by atoms with Crippen LogP contribution in [0.1, 0.15) is 20.3 Å². The lowest BCUT2D eigenvalue weighted by molar-refractivity contribution is 0.859. The van der Waals surface area contributed by atoms with Gasteiger partial charge in [0.15, 0.2) is 0 Å². The van der Waals surface area contributed by atoms with Gasteiger partial charge in [-0.1, -0.05) is 25.3 Å². The van der Waals surface area contributed by atoms with Crippen molar-refractivity contribution in [3.63, 3.8) is 0 Å². The van der Waals surface area contributed by atoms with E-state index in [-0.39, 0.29) is 0 Å². The third kappa shape index (κ3) is 0.780. The van der Waals surface area contributed by atoms with Gasteiger partial charge in [0.1, 0.15) is 0 Å². The molecule has 0 spiro atoms. The van der Waals surface area contributed by atoms with Crippen molar-refractivity contribution in [1.29, 1.82) is 0 Å². The molecule has 0 aliphatic carbocycles. The van der Waals surface area contributed by atoms with Crippen LogP contribution in [0.2, 0.25) is 0 Å². The Morgan fingerprint density at radius 2 is 1.91 bits per heavy atom. The second-order valence-electron chi connectivity index (χ2n) is 5.68. The van der Waals surface area contributed by atoms with E-state index < -0.39 is 8.29 Å². The Kier molecular flexibility index (Phi) is 1.31. The summed E-state index contributed by atoms with van der Waals surface area (Å²) in [6, 6.07) is 0. The monoisotopic (exact) mass is 174 g/mol. The fourth-order valence-electron chi connectivity index (χ4n) is 1.70. The van der Waals surface area contributed by atoms with Crippen molar-refractivity contribution >= 4 is 8.29 Å². The van der Waals surface area contributed by atoms with Gasteiger partial charge in [-0.3, -0.25) is 8.29 Å². The number of allylic oxidation sites excluding steroid dienone is 1. The zero-order valence-corrected chi connectivity index (χ0v) is 9.42. The standard InChI is InChI=1S/C10H22S/c1-7-11(4,5,6)9(2)8-10(11)3/h10H,2,7-8H2,1,3-6H3. The highest BCUT2D eigenvalue weighted by atomic mass is 32.4. The molecule has 1 fully saturated rings. The van der Waals surface area contributed by atoms with Gasteiger partial charge in [-0.2, -0.15) is 0 Å². The Morgan fingerprint density at radius 1 is 1.45 bits per heavy atom. The largest absolute Gasteiger partial charge is 0.262 e. The lowest BCUT2D eigenvalue weighted by Gasteiger charge is -2.84. The zero-order chi connectivity index (χ0) is 8.98. The molecule has 1 heterocycles. The minimum atomic E-state index is -1.77. The van der Waals surface area contributed by atoms with E-state index >= 15 is 0 Å². The minimum absolute atomic E-state index is 0.882. The molecule has 1 unspecified atom stereocenters. The summed E-state index contributed by atoms with van der Waals surface area (Å²) in [7, 11) is -1.77. The second-order valence-corrected chi connectivity index (χ2v) is 15.3. The molecule has 1 aliphatic heterocycles. The lowest BCUT2D eigenvalue weighted by Crippen LogP contribution is -2.53. The Hall–Kier alpha value is 0.0900. The Labute approximate surface area is 70.3 Å². The van der Waals surface area contributed by atoms with Crippen LogP contribution in [-0.2, 0) is 0 Å². The van der Waals surface area contributed by atoms with E-state index in [1.54, 1.807) is 4.91 Å². The Bertz CT molecular complexity index is 226. The van der Waals surface area contributed by atoms with E-state index in [4.69, 9.17) is 0 Å². The van der Waals surface area contributed by atoms with Gasteiger partial charge in [0, 0.05) is 0 Å². The summed E-state index contributed by atoms with van der Waals surface area (Å²) >= 11 is 0. The molecule has 1 rings (SSSR count). The second kappa shape index (κ2) is 1.56. The third-order valence-electron chi connectivity index (χ3n) is 4.62. The molecule has 0 aromatic carbocycles. The van der Waals surface area contributed by atoms with E-state index in [9.17, 15) is 0 Å². The van der Waals surface area contributed by atoms with Crippen LogP contribution in [0, 0.1) is 0 Å². The summed E-state index contributed by atoms with van der Waals surface area (Å²) in [5.41, 5.74) is 0. The normalized spacial score (nSPS) is 44.1. The summed E-state index contributed by atoms with van der Waals surface area (Å²) in [5, 5.41) is 0.882. The summed E-state index contributed by atoms with van der Waals surface area (Å²) < 4.78 is 0. The predicted octanol–water partition coefficient (Wildman–Crippen LogP) is 3.08. The predicted molar refractivity (Wildman–Crippen MR) is 59.1 cm³/mol. The highest BCUT2D eigenvalue weighted by Crippen LogP contribution is 2.96. The first kappa shape index (κ1) is 9.18. The molecule has 0 amide bonds. The summed E-state index contributed by atoms with van der Waals surface area (Å²) in [4.78, 5) is 1.54. The van der Waals surface area contributed by atoms with Crippen molar-refractivity contribution < 1.29 is 0 Å². The van der Waals surface area contributed by atoms with Crippen molar-refractivity contribution in [2.45, 2.75) is 25.5 Å². The first-order chi connectivity index (χ1) is 4.66. The van der Waals surface area contributed by atoms with Crippen molar-refractivity contribution in [2.24, 2.45) is 0 Å². The van der Waals surface area contributed by atoms with E-state index in [0.717, 1.165) is 5.25 Å². The fraction of sp³-hybridized carbons (Fsp3) is 0.800. The van der Waals surface area contributed by atoms with Crippen LogP contribution in [0.3, 0.4) is 0 Å². The zero-order valence-electron chi connectivity index (χ0n) is 8.61. The van der Waals surface area contributed by atoms with Gasteiger partial charge in [0.05, 0.1) is 0 Å². The van der Waals surface area contributed by atoms with Crippen molar-refractivity contribution in [1.82, 2.24) is 0 Å². The first-order valence-corrected chi connectivity index (χ1v) is 8.26. The average Bonchev–Trinajstić information content (AvgIpc) is 1.89. The van der Waals surface area contributed by atoms with Crippen LogP contribution in [0.5, 0.6) is 0 Å². The smallest absolute Gasteiger partial charge is 0.0158 e. The van der Waals surface area contributed by atoms with Crippen LogP contribution in [0.15, 0.2) is 11.5 Å². The van der Waals surface area contributed by atoms with E-state index in [2.05, 4.69) is 39.2 Å². The van der Waals surface area contributed by atoms with Gasteiger partial charge >= 0.3 is 0 Å². The average molecular weight is 174 g/mol. The van der Waals surface area contributed by atoms with Gasteiger partial charge in [0.2, 0.25) is 0 Å². The molecule has 1 heteroatoms. The summed E-state index contributed by atoms with van der Waals surface area (Å²) in [5.74, 6) is 1.31. The van der Waals surface area contributed by atoms with Crippen LogP contribution in [0.4, 0.5) is 0 Å². The van der Waals surface area contributed by atoms with Gasteiger partial charge in [-0.25, -0.2) is 0 Å². The maximum Gasteiger partial charge on any atom is -0.0158 e. The first-order valence-electron chi connectivity index (χ1n) is 4.35. The molecule has 11 heavy (non-hydrogen) atoms. The lowest BCUT2D eigenvalue weighted by atomic mass is 10.3. The quantitative estimate of drug-likeness (QED) is 0.573. The Balaban J connectivity index is 3.24. The fourth-order valence-corrected chi connectivity index (χ4v) is 4.82. The molecule has 0 N–H and O–H groups in total. The summed E-state index contributed by atoms with van der Waals surface area (Å²) in [6.45, 7) is 8.94. The van der Waals surface area contributed by atoms with Gasteiger partial charge < -0.3 is 0 Å². The van der Waals surface area contributed by atoms with Crippen LogP contribution in [0.25, 0.3) is 0 Å². The van der Waals surface area contributed by atoms with Crippen LogP contribution in [-0.4, -0.2) is 29.8 Å². The molecule has 0 radical (unpaired) electrons. The van der Waals surface area contributed by atoms with Crippen LogP contribution < -0.4 is 0 Å². The third-order valence-corrected chi connectivity index (χ3v) is 13.2. The molecule has 0 nitrogen and oxygen atoms in total. The van der Waals surface area contributed by atoms with Gasteiger partial charge in [-0.05, 0) is 36.2 Å². The molecule has 0 aromatic heterocycles. The molecule has 1 aliphatic rings. The molecular formula is C10H22S. The van der Waals surface area contributed by atoms with E-state index in [1.807, 2.05) is 0 Å². The van der Waals surface area contributed by atoms with E-state index in [0.29, 0.717) is 0 Å². The number of hydrogen-bond donors (Lipinski definition) is 0. The molecule has 1 saturated heterocycles. The van der Waals surface area contributed by atoms with Crippen molar-refractivity contribution in [3.05, 3.63) is 11.5 Å². The highest BCUT2D eigenvalue weighted by molar-refractivity contribution is 8.67. The maximum atomic E-state index is 4.23. The number of hydrogen-bond acceptors (Lipinski definition) is 0. The summed E-state index contributed by atoms with van der Waals surface area (Å²) in [6.07, 6.45) is 8.71. The highest BCUT2D eigenvalue weighted by Gasteiger charge is 2.60. The molecular weight excluding hydrogens is 152 g/mol. The topological polar surface area (TPSA) is 0 Å². The molecule has 0 aromatic rings. The molecule has 1 atom stereocenters. The SMILES string of the molecule is C=C1CC(C)S1(C)(C)(C)CC. The van der Waals surface area contributed by atoms with Crippen LogP contribution >= 0.6 is 8.29 Å². The van der Waals surface area contributed by atoms with E-state index in [1.165, 1.54) is 12.2 Å². The molecule has 68 valence electrons.